The molecule has 0 radical (unpaired) electrons. The summed E-state index contributed by atoms with van der Waals surface area (Å²) in [5.41, 5.74) is 4.22. The number of hydrogen-bond donors (Lipinski definition) is 2. The highest BCUT2D eigenvalue weighted by Crippen LogP contribution is 2.24. The molecule has 0 bridgehead atoms. The number of carbonyl (C=O) groups excluding carboxylic acids is 1. The summed E-state index contributed by atoms with van der Waals surface area (Å²) in [6, 6.07) is 7.96. The number of anilines is 2. The van der Waals surface area contributed by atoms with E-state index >= 15 is 0 Å². The van der Waals surface area contributed by atoms with Crippen LogP contribution in [0.3, 0.4) is 0 Å². The molecule has 8 heteroatoms. The van der Waals surface area contributed by atoms with E-state index in [4.69, 9.17) is 4.74 Å². The van der Waals surface area contributed by atoms with Gasteiger partial charge in [-0.25, -0.2) is 0 Å². The van der Waals surface area contributed by atoms with E-state index in [0.29, 0.717) is 13.1 Å². The monoisotopic (exact) mass is 400 g/mol. The molecule has 2 N–H and O–H groups in total. The van der Waals surface area contributed by atoms with Crippen molar-refractivity contribution >= 4 is 17.4 Å². The van der Waals surface area contributed by atoms with Gasteiger partial charge >= 0.3 is 0 Å². The Balaban J connectivity index is 1.60. The van der Waals surface area contributed by atoms with Crippen molar-refractivity contribution in [3.63, 3.8) is 0 Å². The fraction of sp³-hybridized carbons (Fsp3) is 0.524. The Bertz CT molecular complexity index is 827. The van der Waals surface area contributed by atoms with Crippen LogP contribution in [0.2, 0.25) is 0 Å². The zero-order valence-corrected chi connectivity index (χ0v) is 17.9. The lowest BCUT2D eigenvalue weighted by atomic mass is 10.1. The molecule has 1 aromatic heterocycles. The molecule has 0 unspecified atom stereocenters. The lowest BCUT2D eigenvalue weighted by molar-refractivity contribution is -0.116. The highest BCUT2D eigenvalue weighted by atomic mass is 16.5. The molecule has 29 heavy (non-hydrogen) atoms. The number of likely N-dealkylation sites (N-methyl/N-ethyl adjacent to an activating group) is 1. The first-order valence-electron chi connectivity index (χ1n) is 10.0. The van der Waals surface area contributed by atoms with E-state index in [9.17, 15) is 4.79 Å². The number of ether oxygens (including phenoxy) is 1. The molecule has 0 aliphatic carbocycles. The Morgan fingerprint density at radius 3 is 2.72 bits per heavy atom. The topological polar surface area (TPSA) is 74.7 Å². The maximum Gasteiger partial charge on any atom is 0.238 e. The minimum absolute atomic E-state index is 0.0127. The van der Waals surface area contributed by atoms with E-state index in [2.05, 4.69) is 33.6 Å². The van der Waals surface area contributed by atoms with E-state index in [1.165, 1.54) is 11.4 Å². The van der Waals surface area contributed by atoms with E-state index in [1.54, 1.807) is 0 Å². The first-order valence-corrected chi connectivity index (χ1v) is 10.0. The van der Waals surface area contributed by atoms with Gasteiger partial charge in [0.1, 0.15) is 5.82 Å². The van der Waals surface area contributed by atoms with Gasteiger partial charge in [0.2, 0.25) is 5.91 Å². The molecule has 0 saturated carbocycles. The predicted octanol–water partition coefficient (Wildman–Crippen LogP) is 1.36. The molecular weight excluding hydrogens is 368 g/mol. The van der Waals surface area contributed by atoms with Gasteiger partial charge in [0.25, 0.3) is 0 Å². The SMILES string of the molecule is Cc1nn(C)c(N2CCOCC2)c1CNCc1cccc(NC(=O)CN(C)C)c1. The molecule has 1 amide bonds. The van der Waals surface area contributed by atoms with Gasteiger partial charge in [-0.15, -0.1) is 0 Å². The van der Waals surface area contributed by atoms with Crippen molar-refractivity contribution in [3.8, 4) is 0 Å². The van der Waals surface area contributed by atoms with Crippen molar-refractivity contribution in [3.05, 3.63) is 41.1 Å². The Labute approximate surface area is 172 Å². The third kappa shape index (κ3) is 5.79. The zero-order chi connectivity index (χ0) is 20.8. The molecule has 1 aromatic carbocycles. The Kier molecular flexibility index (Phi) is 7.24. The smallest absolute Gasteiger partial charge is 0.238 e. The summed E-state index contributed by atoms with van der Waals surface area (Å²) in [5.74, 6) is 1.16. The van der Waals surface area contributed by atoms with Crippen molar-refractivity contribution in [2.24, 2.45) is 7.05 Å². The van der Waals surface area contributed by atoms with Crippen molar-refractivity contribution in [2.75, 3.05) is 57.2 Å². The largest absolute Gasteiger partial charge is 0.378 e. The molecule has 2 aromatic rings. The van der Waals surface area contributed by atoms with Gasteiger partial charge in [0, 0.05) is 44.5 Å². The summed E-state index contributed by atoms with van der Waals surface area (Å²) >= 11 is 0. The van der Waals surface area contributed by atoms with Crippen molar-refractivity contribution < 1.29 is 9.53 Å². The van der Waals surface area contributed by atoms with Crippen molar-refractivity contribution in [1.82, 2.24) is 20.0 Å². The highest BCUT2D eigenvalue weighted by molar-refractivity contribution is 5.92. The van der Waals surface area contributed by atoms with E-state index in [0.717, 1.165) is 49.8 Å². The maximum atomic E-state index is 12.0. The number of rotatable bonds is 8. The van der Waals surface area contributed by atoms with Crippen molar-refractivity contribution in [2.45, 2.75) is 20.0 Å². The summed E-state index contributed by atoms with van der Waals surface area (Å²) in [6.07, 6.45) is 0. The number of benzene rings is 1. The second-order valence-electron chi connectivity index (χ2n) is 7.70. The fourth-order valence-corrected chi connectivity index (χ4v) is 3.65. The summed E-state index contributed by atoms with van der Waals surface area (Å²) in [6.45, 7) is 7.17. The summed E-state index contributed by atoms with van der Waals surface area (Å²) < 4.78 is 7.46. The summed E-state index contributed by atoms with van der Waals surface area (Å²) in [7, 11) is 5.76. The normalized spacial score (nSPS) is 14.4. The molecule has 1 saturated heterocycles. The number of morpholine rings is 1. The first kappa shape index (κ1) is 21.3. The minimum atomic E-state index is -0.0127. The van der Waals surface area contributed by atoms with Crippen molar-refractivity contribution in [1.29, 1.82) is 0 Å². The maximum absolute atomic E-state index is 12.0. The van der Waals surface area contributed by atoms with Gasteiger partial charge in [-0.05, 0) is 38.7 Å². The third-order valence-corrected chi connectivity index (χ3v) is 4.93. The molecule has 1 aliphatic heterocycles. The van der Waals surface area contributed by atoms with Crippen LogP contribution >= 0.6 is 0 Å². The third-order valence-electron chi connectivity index (χ3n) is 4.93. The van der Waals surface area contributed by atoms with Gasteiger partial charge < -0.3 is 25.2 Å². The standard InChI is InChI=1S/C21H32N6O2/c1-16-19(21(26(4)24-16)27-8-10-29-11-9-27)14-22-13-17-6-5-7-18(12-17)23-20(28)15-25(2)3/h5-7,12,22H,8-11,13-15H2,1-4H3,(H,23,28). The van der Waals surface area contributed by atoms with Gasteiger partial charge in [0.05, 0.1) is 25.5 Å². The van der Waals surface area contributed by atoms with Crippen LogP contribution in [-0.4, -0.2) is 67.5 Å². The van der Waals surface area contributed by atoms with Crippen LogP contribution in [0.4, 0.5) is 11.5 Å². The lowest BCUT2D eigenvalue weighted by Gasteiger charge is -2.29. The number of carbonyl (C=O) groups is 1. The molecule has 3 rings (SSSR count). The molecule has 0 atom stereocenters. The first-order chi connectivity index (χ1) is 13.9. The number of nitrogens with one attached hydrogen (secondary N) is 2. The van der Waals surface area contributed by atoms with Crippen LogP contribution in [0.15, 0.2) is 24.3 Å². The summed E-state index contributed by atoms with van der Waals surface area (Å²) in [4.78, 5) is 16.2. The van der Waals surface area contributed by atoms with Crippen LogP contribution in [0.25, 0.3) is 0 Å². The van der Waals surface area contributed by atoms with Crippen LogP contribution < -0.4 is 15.5 Å². The number of aryl methyl sites for hydroxylation is 2. The molecular formula is C21H32N6O2. The van der Waals surface area contributed by atoms with Crippen LogP contribution in [-0.2, 0) is 29.7 Å². The minimum Gasteiger partial charge on any atom is -0.378 e. The average Bonchev–Trinajstić information content (AvgIpc) is 2.95. The van der Waals surface area contributed by atoms with Crippen LogP contribution in [0.1, 0.15) is 16.8 Å². The number of nitrogens with zero attached hydrogens (tertiary/aromatic N) is 4. The number of aromatic nitrogens is 2. The lowest BCUT2D eigenvalue weighted by Crippen LogP contribution is -2.38. The summed E-state index contributed by atoms with van der Waals surface area (Å²) in [5, 5.41) is 11.1. The predicted molar refractivity (Wildman–Crippen MR) is 115 cm³/mol. The highest BCUT2D eigenvalue weighted by Gasteiger charge is 2.21. The van der Waals surface area contributed by atoms with Gasteiger partial charge in [-0.2, -0.15) is 5.10 Å². The fourth-order valence-electron chi connectivity index (χ4n) is 3.65. The molecule has 2 heterocycles. The molecule has 1 fully saturated rings. The number of hydrogen-bond acceptors (Lipinski definition) is 6. The molecule has 158 valence electrons. The van der Waals surface area contributed by atoms with Crippen LogP contribution in [0.5, 0.6) is 0 Å². The molecule has 0 spiro atoms. The Morgan fingerprint density at radius 2 is 2.00 bits per heavy atom. The van der Waals surface area contributed by atoms with E-state index < -0.39 is 0 Å². The Morgan fingerprint density at radius 1 is 1.24 bits per heavy atom. The quantitative estimate of drug-likeness (QED) is 0.697. The average molecular weight is 401 g/mol. The van der Waals surface area contributed by atoms with Gasteiger partial charge in [-0.1, -0.05) is 12.1 Å². The Hall–Kier alpha value is -2.42. The van der Waals surface area contributed by atoms with E-state index in [1.807, 2.05) is 48.9 Å². The zero-order valence-electron chi connectivity index (χ0n) is 17.9. The van der Waals surface area contributed by atoms with Gasteiger partial charge in [-0.3, -0.25) is 9.48 Å². The van der Waals surface area contributed by atoms with Crippen LogP contribution in [0, 0.1) is 6.92 Å². The van der Waals surface area contributed by atoms with E-state index in [-0.39, 0.29) is 5.91 Å². The molecule has 8 nitrogen and oxygen atoms in total. The van der Waals surface area contributed by atoms with Gasteiger partial charge in [0.15, 0.2) is 0 Å². The second kappa shape index (κ2) is 9.87. The number of amides is 1. The molecule has 1 aliphatic rings. The second-order valence-corrected chi connectivity index (χ2v) is 7.70.